The van der Waals surface area contributed by atoms with Gasteiger partial charge in [-0.2, -0.15) is 9.61 Å². The third-order valence-electron chi connectivity index (χ3n) is 6.15. The number of carbonyl (C=O) groups is 1. The van der Waals surface area contributed by atoms with E-state index in [4.69, 9.17) is 4.74 Å². The highest BCUT2D eigenvalue weighted by Crippen LogP contribution is 2.26. The molecular weight excluding hydrogens is 440 g/mol. The van der Waals surface area contributed by atoms with Crippen LogP contribution in [0.2, 0.25) is 0 Å². The highest BCUT2D eigenvalue weighted by atomic mass is 16.5. The van der Waals surface area contributed by atoms with Gasteiger partial charge >= 0.3 is 0 Å². The SMILES string of the molecule is CNc1cc(NC2=CC=CN(N3CCOCC3)C2=C=O)nc2c(C(=O)N[C@H]3CC[C@@H]3O)cnn12. The monoisotopic (exact) mass is 466 g/mol. The number of hydrazine groups is 1. The number of fused-ring (bicyclic) bond motifs is 1. The average molecular weight is 467 g/mol. The summed E-state index contributed by atoms with van der Waals surface area (Å²) in [6.45, 7) is 2.47. The standard InChI is InChI=1S/C22H26N8O4/c1-23-20-11-19(25-15-3-2-6-29(17(15)13-31)28-7-9-34-10-8-28)27-21-14(12-24-30(20)21)22(33)26-16-4-5-18(16)32/h2-3,6,11-12,16,18,23,32H,4-5,7-10H2,1H3,(H,25,27)(H,26,33)/t16-,18-/m0/s1. The molecule has 4 heterocycles. The number of nitrogens with one attached hydrogen (secondary N) is 3. The van der Waals surface area contributed by atoms with E-state index in [-0.39, 0.29) is 17.5 Å². The third kappa shape index (κ3) is 4.03. The third-order valence-corrected chi connectivity index (χ3v) is 6.15. The van der Waals surface area contributed by atoms with Gasteiger partial charge in [0.05, 0.1) is 37.3 Å². The molecule has 178 valence electrons. The summed E-state index contributed by atoms with van der Waals surface area (Å²) >= 11 is 0. The molecule has 2 atom stereocenters. The summed E-state index contributed by atoms with van der Waals surface area (Å²) < 4.78 is 6.94. The Kier molecular flexibility index (Phi) is 6.03. The van der Waals surface area contributed by atoms with Gasteiger partial charge in [-0.15, -0.1) is 0 Å². The number of allylic oxidation sites excluding steroid dienone is 2. The van der Waals surface area contributed by atoms with Gasteiger partial charge in [0.15, 0.2) is 17.3 Å². The Morgan fingerprint density at radius 2 is 2.12 bits per heavy atom. The van der Waals surface area contributed by atoms with Crippen LogP contribution >= 0.6 is 0 Å². The van der Waals surface area contributed by atoms with Gasteiger partial charge in [-0.1, -0.05) is 0 Å². The van der Waals surface area contributed by atoms with Crippen LogP contribution in [0.5, 0.6) is 0 Å². The fourth-order valence-electron chi connectivity index (χ4n) is 4.11. The Balaban J connectivity index is 1.43. The van der Waals surface area contributed by atoms with Gasteiger partial charge in [0.2, 0.25) is 0 Å². The van der Waals surface area contributed by atoms with Crippen molar-refractivity contribution >= 4 is 29.1 Å². The van der Waals surface area contributed by atoms with Crippen molar-refractivity contribution in [2.75, 3.05) is 44.0 Å². The zero-order valence-electron chi connectivity index (χ0n) is 18.7. The molecule has 0 unspecified atom stereocenters. The van der Waals surface area contributed by atoms with Crippen LogP contribution in [-0.2, 0) is 9.53 Å². The maximum absolute atomic E-state index is 12.8. The minimum atomic E-state index is -0.530. The van der Waals surface area contributed by atoms with E-state index in [1.807, 2.05) is 17.0 Å². The van der Waals surface area contributed by atoms with E-state index in [9.17, 15) is 14.7 Å². The Hall–Kier alpha value is -3.70. The quantitative estimate of drug-likeness (QED) is 0.434. The lowest BCUT2D eigenvalue weighted by molar-refractivity contribution is -0.0442. The van der Waals surface area contributed by atoms with E-state index in [1.165, 1.54) is 10.7 Å². The molecular formula is C22H26N8O4. The second kappa shape index (κ2) is 9.27. The van der Waals surface area contributed by atoms with Crippen LogP contribution in [0, 0.1) is 0 Å². The number of ether oxygens (including phenoxy) is 1. The first-order chi connectivity index (χ1) is 16.6. The summed E-state index contributed by atoms with van der Waals surface area (Å²) in [7, 11) is 1.74. The summed E-state index contributed by atoms with van der Waals surface area (Å²) in [6, 6.07) is 1.47. The first-order valence-corrected chi connectivity index (χ1v) is 11.2. The molecule has 2 fully saturated rings. The van der Waals surface area contributed by atoms with Crippen molar-refractivity contribution in [1.82, 2.24) is 29.9 Å². The van der Waals surface area contributed by atoms with E-state index < -0.39 is 6.10 Å². The van der Waals surface area contributed by atoms with Gasteiger partial charge in [-0.05, 0) is 25.0 Å². The predicted octanol–water partition coefficient (Wildman–Crippen LogP) is 0.112. The minimum absolute atomic E-state index is 0.266. The minimum Gasteiger partial charge on any atom is -0.391 e. The first kappa shape index (κ1) is 22.1. The maximum Gasteiger partial charge on any atom is 0.257 e. The van der Waals surface area contributed by atoms with E-state index in [0.717, 1.165) is 6.42 Å². The number of nitrogens with zero attached hydrogens (tertiary/aromatic N) is 5. The van der Waals surface area contributed by atoms with Crippen molar-refractivity contribution in [2.45, 2.75) is 25.0 Å². The van der Waals surface area contributed by atoms with Gasteiger partial charge in [-0.3, -0.25) is 9.80 Å². The number of aliphatic hydroxyl groups excluding tert-OH is 1. The number of hydrogen-bond acceptors (Lipinski definition) is 10. The molecule has 0 bridgehead atoms. The molecule has 12 heteroatoms. The number of carbonyl (C=O) groups excluding carboxylic acids is 2. The van der Waals surface area contributed by atoms with Crippen LogP contribution in [0.3, 0.4) is 0 Å². The average Bonchev–Trinajstić information content (AvgIpc) is 3.30. The Morgan fingerprint density at radius 1 is 1.29 bits per heavy atom. The molecule has 2 aliphatic heterocycles. The zero-order valence-corrected chi connectivity index (χ0v) is 18.7. The number of aromatic nitrogens is 3. The number of rotatable bonds is 6. The smallest absolute Gasteiger partial charge is 0.257 e. The number of morpholine rings is 1. The number of hydrogen-bond donors (Lipinski definition) is 4. The van der Waals surface area contributed by atoms with Crippen molar-refractivity contribution in [3.05, 3.63) is 47.6 Å². The molecule has 2 aromatic heterocycles. The molecule has 0 aromatic carbocycles. The van der Waals surface area contributed by atoms with Crippen LogP contribution in [0.25, 0.3) is 5.65 Å². The molecule has 1 saturated carbocycles. The Labute approximate surface area is 195 Å². The van der Waals surface area contributed by atoms with Gasteiger partial charge < -0.3 is 25.8 Å². The van der Waals surface area contributed by atoms with Gasteiger partial charge in [0.25, 0.3) is 5.91 Å². The summed E-state index contributed by atoms with van der Waals surface area (Å²) in [5, 5.41) is 27.0. The second-order valence-corrected chi connectivity index (χ2v) is 8.20. The molecule has 1 amide bonds. The summed E-state index contributed by atoms with van der Waals surface area (Å²) in [5.41, 5.74) is 1.47. The van der Waals surface area contributed by atoms with E-state index in [1.54, 1.807) is 30.4 Å². The molecule has 3 aliphatic rings. The first-order valence-electron chi connectivity index (χ1n) is 11.2. The maximum atomic E-state index is 12.8. The van der Waals surface area contributed by atoms with Crippen LogP contribution in [0.1, 0.15) is 23.2 Å². The topological polar surface area (TPSA) is 136 Å². The van der Waals surface area contributed by atoms with Gasteiger partial charge in [-0.25, -0.2) is 14.8 Å². The van der Waals surface area contributed by atoms with Crippen molar-refractivity contribution in [3.8, 4) is 0 Å². The zero-order chi connectivity index (χ0) is 23.7. The van der Waals surface area contributed by atoms with E-state index >= 15 is 0 Å². The molecule has 0 radical (unpaired) electrons. The normalized spacial score (nSPS) is 22.7. The van der Waals surface area contributed by atoms with E-state index in [2.05, 4.69) is 26.0 Å². The fourth-order valence-corrected chi connectivity index (χ4v) is 4.11. The van der Waals surface area contributed by atoms with Crippen LogP contribution < -0.4 is 16.0 Å². The number of amides is 1. The van der Waals surface area contributed by atoms with Crippen molar-refractivity contribution in [1.29, 1.82) is 0 Å². The summed E-state index contributed by atoms with van der Waals surface area (Å²) in [6.07, 6.45) is 7.73. The van der Waals surface area contributed by atoms with Gasteiger partial charge in [0.1, 0.15) is 17.2 Å². The molecule has 1 saturated heterocycles. The van der Waals surface area contributed by atoms with E-state index in [0.29, 0.717) is 61.4 Å². The Morgan fingerprint density at radius 3 is 2.79 bits per heavy atom. The number of anilines is 2. The molecule has 0 spiro atoms. The van der Waals surface area contributed by atoms with Crippen molar-refractivity contribution in [2.24, 2.45) is 0 Å². The molecule has 12 nitrogen and oxygen atoms in total. The fraction of sp³-hybridized carbons (Fsp3) is 0.409. The molecule has 4 N–H and O–H groups in total. The lowest BCUT2D eigenvalue weighted by Crippen LogP contribution is -2.50. The van der Waals surface area contributed by atoms with Crippen molar-refractivity contribution in [3.63, 3.8) is 0 Å². The van der Waals surface area contributed by atoms with Crippen LogP contribution in [-0.4, -0.2) is 87.1 Å². The molecule has 1 aliphatic carbocycles. The molecule has 5 rings (SSSR count). The predicted molar refractivity (Wildman–Crippen MR) is 123 cm³/mol. The summed E-state index contributed by atoms with van der Waals surface area (Å²) in [4.78, 5) is 29.4. The lowest BCUT2D eigenvalue weighted by Gasteiger charge is -2.38. The summed E-state index contributed by atoms with van der Waals surface area (Å²) in [5.74, 6) is 2.70. The van der Waals surface area contributed by atoms with Gasteiger partial charge in [0, 0.05) is 32.4 Å². The second-order valence-electron chi connectivity index (χ2n) is 8.20. The Bertz CT molecular complexity index is 1210. The highest BCUT2D eigenvalue weighted by molar-refractivity contribution is 6.00. The van der Waals surface area contributed by atoms with Crippen LogP contribution in [0.4, 0.5) is 11.6 Å². The van der Waals surface area contributed by atoms with Crippen molar-refractivity contribution < 1.29 is 19.4 Å². The largest absolute Gasteiger partial charge is 0.391 e. The molecule has 2 aromatic rings. The lowest BCUT2D eigenvalue weighted by atomic mass is 9.89. The molecule has 34 heavy (non-hydrogen) atoms. The number of aliphatic hydroxyl groups is 1. The van der Waals surface area contributed by atoms with Crippen LogP contribution in [0.15, 0.2) is 42.0 Å². The highest BCUT2D eigenvalue weighted by Gasteiger charge is 2.31.